The number of halogens is 3. The van der Waals surface area contributed by atoms with Gasteiger partial charge in [0.05, 0.1) is 11.7 Å². The van der Waals surface area contributed by atoms with Crippen LogP contribution in [0.3, 0.4) is 0 Å². The van der Waals surface area contributed by atoms with Crippen LogP contribution in [0.15, 0.2) is 103 Å². The summed E-state index contributed by atoms with van der Waals surface area (Å²) in [6, 6.07) is 30.3. The lowest BCUT2D eigenvalue weighted by Gasteiger charge is -2.25. The molecule has 0 unspecified atom stereocenters. The summed E-state index contributed by atoms with van der Waals surface area (Å²) in [5.41, 5.74) is 3.46. The molecule has 0 amide bonds. The van der Waals surface area contributed by atoms with Gasteiger partial charge in [0, 0.05) is 24.0 Å². The van der Waals surface area contributed by atoms with Crippen molar-refractivity contribution >= 4 is 11.6 Å². The van der Waals surface area contributed by atoms with E-state index in [-0.39, 0.29) is 29.3 Å². The number of rotatable bonds is 14. The lowest BCUT2D eigenvalue weighted by Crippen LogP contribution is -2.27. The van der Waals surface area contributed by atoms with Gasteiger partial charge < -0.3 is 5.11 Å². The van der Waals surface area contributed by atoms with Crippen molar-refractivity contribution in [1.29, 1.82) is 0 Å². The first-order valence-electron chi connectivity index (χ1n) is 16.1. The molecule has 0 bridgehead atoms. The van der Waals surface area contributed by atoms with Gasteiger partial charge in [0.25, 0.3) is 0 Å². The molecule has 1 aliphatic carbocycles. The predicted molar refractivity (Wildman–Crippen MR) is 175 cm³/mol. The molecular weight excluding hydrogens is 585 g/mol. The van der Waals surface area contributed by atoms with Crippen molar-refractivity contribution in [2.24, 2.45) is 5.92 Å². The molecule has 0 aromatic heterocycles. The first-order valence-corrected chi connectivity index (χ1v) is 16.1. The molecule has 1 fully saturated rings. The number of benzene rings is 4. The Morgan fingerprint density at radius 1 is 0.804 bits per heavy atom. The molecule has 4 aromatic carbocycles. The molecule has 3 atom stereocenters. The highest BCUT2D eigenvalue weighted by Gasteiger charge is 2.45. The van der Waals surface area contributed by atoms with E-state index in [0.29, 0.717) is 42.4 Å². The zero-order chi connectivity index (χ0) is 32.9. The topological polar surface area (TPSA) is 54.4 Å². The number of aryl methyl sites for hydroxylation is 1. The summed E-state index contributed by atoms with van der Waals surface area (Å²) >= 11 is 0. The molecule has 0 heterocycles. The molecule has 0 aliphatic heterocycles. The van der Waals surface area contributed by atoms with E-state index in [1.165, 1.54) is 12.1 Å². The van der Waals surface area contributed by atoms with Gasteiger partial charge >= 0.3 is 6.18 Å². The number of aliphatic hydroxyl groups excluding tert-OH is 1. The van der Waals surface area contributed by atoms with Crippen molar-refractivity contribution in [2.75, 3.05) is 0 Å². The predicted octanol–water partition coefficient (Wildman–Crippen LogP) is 9.69. The maximum absolute atomic E-state index is 13.8. The first kappa shape index (κ1) is 33.3. The lowest BCUT2D eigenvalue weighted by molar-refractivity contribution is -0.137. The van der Waals surface area contributed by atoms with Crippen molar-refractivity contribution in [3.05, 3.63) is 142 Å². The highest BCUT2D eigenvalue weighted by molar-refractivity contribution is 6.02. The molecule has 0 radical (unpaired) electrons. The lowest BCUT2D eigenvalue weighted by atomic mass is 9.82. The molecule has 46 heavy (non-hydrogen) atoms. The minimum atomic E-state index is -4.41. The second-order valence-electron chi connectivity index (χ2n) is 13.1. The van der Waals surface area contributed by atoms with E-state index in [2.05, 4.69) is 0 Å². The fraction of sp³-hybridized carbons (Fsp3) is 0.350. The largest absolute Gasteiger partial charge is 0.416 e. The normalized spacial score (nSPS) is 16.0. The van der Waals surface area contributed by atoms with Crippen LogP contribution in [0.1, 0.15) is 99.9 Å². The van der Waals surface area contributed by atoms with Crippen molar-refractivity contribution in [2.45, 2.75) is 82.4 Å². The summed E-state index contributed by atoms with van der Waals surface area (Å²) in [5.74, 6) is -0.540. The fourth-order valence-corrected chi connectivity index (χ4v) is 6.54. The van der Waals surface area contributed by atoms with Crippen LogP contribution in [0, 0.1) is 12.8 Å². The highest BCUT2D eigenvalue weighted by Crippen LogP contribution is 2.53. The second-order valence-corrected chi connectivity index (χ2v) is 13.1. The Labute approximate surface area is 269 Å². The average molecular weight is 627 g/mol. The summed E-state index contributed by atoms with van der Waals surface area (Å²) in [6.07, 6.45) is -1.89. The summed E-state index contributed by atoms with van der Waals surface area (Å²) in [7, 11) is 0. The van der Waals surface area contributed by atoms with Crippen LogP contribution in [0.25, 0.3) is 0 Å². The molecule has 0 saturated heterocycles. The summed E-state index contributed by atoms with van der Waals surface area (Å²) in [4.78, 5) is 27.0. The maximum Gasteiger partial charge on any atom is 0.416 e. The molecule has 3 nitrogen and oxygen atoms in total. The number of alkyl halides is 3. The Morgan fingerprint density at radius 2 is 1.41 bits per heavy atom. The van der Waals surface area contributed by atoms with Crippen LogP contribution in [0.5, 0.6) is 0 Å². The Balaban J connectivity index is 1.30. The van der Waals surface area contributed by atoms with Gasteiger partial charge in [-0.15, -0.1) is 0 Å². The second kappa shape index (κ2) is 14.2. The Kier molecular flexibility index (Phi) is 10.3. The minimum Gasteiger partial charge on any atom is -0.393 e. The first-order chi connectivity index (χ1) is 21.9. The third-order valence-electron chi connectivity index (χ3n) is 9.49. The molecule has 5 rings (SSSR count). The zero-order valence-corrected chi connectivity index (χ0v) is 26.4. The van der Waals surface area contributed by atoms with E-state index in [4.69, 9.17) is 0 Å². The Hall–Kier alpha value is -4.03. The van der Waals surface area contributed by atoms with Crippen molar-refractivity contribution in [3.63, 3.8) is 0 Å². The van der Waals surface area contributed by atoms with Gasteiger partial charge in [-0.25, -0.2) is 0 Å². The summed E-state index contributed by atoms with van der Waals surface area (Å²) in [6.45, 7) is 3.89. The molecule has 1 saturated carbocycles. The van der Waals surface area contributed by atoms with Crippen molar-refractivity contribution in [1.82, 2.24) is 0 Å². The summed E-state index contributed by atoms with van der Waals surface area (Å²) < 4.78 is 40.2. The van der Waals surface area contributed by atoms with Crippen LogP contribution in [-0.4, -0.2) is 22.8 Å². The Bertz CT molecular complexity index is 1640. The van der Waals surface area contributed by atoms with Crippen molar-refractivity contribution < 1.29 is 27.9 Å². The number of carbonyl (C=O) groups excluding carboxylic acids is 2. The fourth-order valence-electron chi connectivity index (χ4n) is 6.54. The maximum atomic E-state index is 13.8. The standard InChI is InChI=1S/C40H41F3O3/c1-27-20-31(37(45)22-28(2)30-12-7-4-8-13-30)24-32(21-27)38(46)25-33(23-29-10-5-3-6-11-29)36(44)16-17-39(18-19-39)34-14-9-15-35(26-34)40(41,42)43/h3-15,20-21,24,26,28,33,36,44H,16-19,22-23,25H2,1-2H3/t28-,33+,36+/m0/s1. The third-order valence-corrected chi connectivity index (χ3v) is 9.49. The average Bonchev–Trinajstić information content (AvgIpc) is 3.85. The number of carbonyl (C=O) groups is 2. The molecule has 0 spiro atoms. The molecular formula is C40H41F3O3. The van der Waals surface area contributed by atoms with Gasteiger partial charge in [0.1, 0.15) is 0 Å². The zero-order valence-electron chi connectivity index (χ0n) is 26.4. The van der Waals surface area contributed by atoms with E-state index >= 15 is 0 Å². The number of hydrogen-bond acceptors (Lipinski definition) is 3. The van der Waals surface area contributed by atoms with Crippen LogP contribution in [0.4, 0.5) is 13.2 Å². The van der Waals surface area contributed by atoms with E-state index in [1.54, 1.807) is 18.2 Å². The van der Waals surface area contributed by atoms with E-state index in [1.807, 2.05) is 80.6 Å². The van der Waals surface area contributed by atoms with E-state index in [9.17, 15) is 27.9 Å². The minimum absolute atomic E-state index is 0.0284. The van der Waals surface area contributed by atoms with Gasteiger partial charge in [-0.3, -0.25) is 9.59 Å². The number of aliphatic hydroxyl groups is 1. The molecule has 240 valence electrons. The van der Waals surface area contributed by atoms with Crippen molar-refractivity contribution in [3.8, 4) is 0 Å². The monoisotopic (exact) mass is 626 g/mol. The molecule has 4 aromatic rings. The van der Waals surface area contributed by atoms with Crippen LogP contribution in [-0.2, 0) is 18.0 Å². The molecule has 1 N–H and O–H groups in total. The molecule has 6 heteroatoms. The van der Waals surface area contributed by atoms with Gasteiger partial charge in [0.2, 0.25) is 0 Å². The van der Waals surface area contributed by atoms with Crippen LogP contribution >= 0.6 is 0 Å². The van der Waals surface area contributed by atoms with Crippen LogP contribution < -0.4 is 0 Å². The van der Waals surface area contributed by atoms with Gasteiger partial charge in [-0.1, -0.05) is 85.8 Å². The van der Waals surface area contributed by atoms with E-state index in [0.717, 1.165) is 35.6 Å². The van der Waals surface area contributed by atoms with Gasteiger partial charge in [0.15, 0.2) is 11.6 Å². The number of hydrogen-bond donors (Lipinski definition) is 1. The third kappa shape index (κ3) is 8.41. The highest BCUT2D eigenvalue weighted by atomic mass is 19.4. The van der Waals surface area contributed by atoms with Gasteiger partial charge in [-0.05, 0) is 103 Å². The number of Topliss-reactive ketones (excluding diaryl/α,β-unsaturated/α-hetero) is 2. The summed E-state index contributed by atoms with van der Waals surface area (Å²) in [5, 5.41) is 11.5. The van der Waals surface area contributed by atoms with E-state index < -0.39 is 23.8 Å². The smallest absolute Gasteiger partial charge is 0.393 e. The number of ketones is 2. The quantitative estimate of drug-likeness (QED) is 0.142. The van der Waals surface area contributed by atoms with Gasteiger partial charge in [-0.2, -0.15) is 13.2 Å². The SMILES string of the molecule is Cc1cc(C(=O)C[C@@H](Cc2ccccc2)[C@H](O)CCC2(c3cccc(C(F)(F)F)c3)CC2)cc(C(=O)C[C@H](C)c2ccccc2)c1. The van der Waals surface area contributed by atoms with Crippen LogP contribution in [0.2, 0.25) is 0 Å². The molecule has 1 aliphatic rings. The Morgan fingerprint density at radius 3 is 2.02 bits per heavy atom.